The summed E-state index contributed by atoms with van der Waals surface area (Å²) >= 11 is 1.65. The van der Waals surface area contributed by atoms with Crippen molar-refractivity contribution in [1.29, 1.82) is 0 Å². The zero-order chi connectivity index (χ0) is 14.8. The van der Waals surface area contributed by atoms with Crippen LogP contribution in [0.2, 0.25) is 0 Å². The lowest BCUT2D eigenvalue weighted by Gasteiger charge is -2.20. The van der Waals surface area contributed by atoms with Crippen molar-refractivity contribution >= 4 is 11.8 Å². The van der Waals surface area contributed by atoms with Crippen LogP contribution in [0.5, 0.6) is 0 Å². The minimum Gasteiger partial charge on any atom is -0.311 e. The van der Waals surface area contributed by atoms with Gasteiger partial charge in [-0.15, -0.1) is 10.2 Å². The number of nitrogens with one attached hydrogen (secondary N) is 1. The number of aromatic nitrogens is 3. The molecule has 1 aromatic carbocycles. The summed E-state index contributed by atoms with van der Waals surface area (Å²) in [4.78, 5) is 1.22. The average Bonchev–Trinajstić information content (AvgIpc) is 2.75. The van der Waals surface area contributed by atoms with E-state index < -0.39 is 0 Å². The Bertz CT molecular complexity index is 584. The molecule has 0 aliphatic carbocycles. The molecule has 20 heavy (non-hydrogen) atoms. The Morgan fingerprint density at radius 1 is 1.30 bits per heavy atom. The van der Waals surface area contributed by atoms with Crippen LogP contribution in [-0.2, 0) is 13.6 Å². The first-order chi connectivity index (χ1) is 9.35. The van der Waals surface area contributed by atoms with Crippen LogP contribution in [-0.4, -0.2) is 20.3 Å². The first kappa shape index (κ1) is 15.1. The van der Waals surface area contributed by atoms with E-state index in [0.717, 1.165) is 11.7 Å². The second-order valence-corrected chi connectivity index (χ2v) is 7.04. The molecule has 0 fully saturated rings. The maximum Gasteiger partial charge on any atom is 0.195 e. The van der Waals surface area contributed by atoms with Crippen LogP contribution in [0.4, 0.5) is 0 Å². The fraction of sp³-hybridized carbons (Fsp3) is 0.467. The van der Waals surface area contributed by atoms with E-state index in [0.29, 0.717) is 0 Å². The fourth-order valence-corrected chi connectivity index (χ4v) is 2.60. The largest absolute Gasteiger partial charge is 0.311 e. The number of nitrogens with zero attached hydrogens (tertiary/aromatic N) is 3. The number of hydrogen-bond acceptors (Lipinski definition) is 4. The van der Waals surface area contributed by atoms with Gasteiger partial charge in [0, 0.05) is 24.0 Å². The van der Waals surface area contributed by atoms with Crippen molar-refractivity contribution in [3.63, 3.8) is 0 Å². The van der Waals surface area contributed by atoms with E-state index >= 15 is 0 Å². The number of hydrogen-bond donors (Lipinski definition) is 1. The van der Waals surface area contributed by atoms with Gasteiger partial charge in [-0.25, -0.2) is 0 Å². The Balaban J connectivity index is 2.08. The molecule has 1 aromatic heterocycles. The maximum absolute atomic E-state index is 4.11. The molecule has 0 bridgehead atoms. The van der Waals surface area contributed by atoms with Gasteiger partial charge < -0.3 is 9.88 Å². The molecule has 0 radical (unpaired) electrons. The summed E-state index contributed by atoms with van der Waals surface area (Å²) in [7, 11) is 1.96. The molecule has 0 amide bonds. The fourth-order valence-electron chi connectivity index (χ4n) is 1.77. The van der Waals surface area contributed by atoms with E-state index in [9.17, 15) is 0 Å². The Kier molecular flexibility index (Phi) is 4.50. The van der Waals surface area contributed by atoms with Gasteiger partial charge in [-0.3, -0.25) is 0 Å². The topological polar surface area (TPSA) is 42.7 Å². The van der Waals surface area contributed by atoms with Crippen LogP contribution >= 0.6 is 11.8 Å². The van der Waals surface area contributed by atoms with Crippen LogP contribution in [0.25, 0.3) is 0 Å². The van der Waals surface area contributed by atoms with Crippen molar-refractivity contribution < 1.29 is 0 Å². The van der Waals surface area contributed by atoms with Crippen molar-refractivity contribution in [2.24, 2.45) is 7.05 Å². The number of rotatable bonds is 4. The zero-order valence-corrected chi connectivity index (χ0v) is 13.6. The number of benzene rings is 1. The summed E-state index contributed by atoms with van der Waals surface area (Å²) < 4.78 is 1.93. The number of aryl methyl sites for hydroxylation is 2. The predicted octanol–water partition coefficient (Wildman–Crippen LogP) is 3.16. The van der Waals surface area contributed by atoms with Crippen molar-refractivity contribution in [3.05, 3.63) is 35.7 Å². The minimum absolute atomic E-state index is 0.139. The van der Waals surface area contributed by atoms with E-state index in [1.165, 1.54) is 16.0 Å². The summed E-state index contributed by atoms with van der Waals surface area (Å²) in [5.41, 5.74) is 2.71. The van der Waals surface area contributed by atoms with Gasteiger partial charge >= 0.3 is 0 Å². The second-order valence-electron chi connectivity index (χ2n) is 6.03. The summed E-state index contributed by atoms with van der Waals surface area (Å²) in [6.45, 7) is 9.56. The van der Waals surface area contributed by atoms with Gasteiger partial charge in [0.15, 0.2) is 5.16 Å². The molecule has 0 atom stereocenters. The van der Waals surface area contributed by atoms with Crippen LogP contribution in [0.15, 0.2) is 34.6 Å². The smallest absolute Gasteiger partial charge is 0.195 e. The third-order valence-corrected chi connectivity index (χ3v) is 4.16. The standard InChI is InChI=1S/C15H22N4S/c1-11-8-12(9-16-15(2,3)4)6-7-13(11)20-14-18-17-10-19(14)5/h6-8,10,16H,9H2,1-5H3. The van der Waals surface area contributed by atoms with E-state index in [4.69, 9.17) is 0 Å². The molecular formula is C15H22N4S. The Morgan fingerprint density at radius 2 is 2.05 bits per heavy atom. The van der Waals surface area contributed by atoms with Gasteiger partial charge in [-0.1, -0.05) is 12.1 Å². The molecule has 0 saturated heterocycles. The van der Waals surface area contributed by atoms with E-state index in [1.807, 2.05) is 11.6 Å². The SMILES string of the molecule is Cc1cc(CNC(C)(C)C)ccc1Sc1nncn1C. The van der Waals surface area contributed by atoms with Gasteiger partial charge in [0.05, 0.1) is 0 Å². The van der Waals surface area contributed by atoms with Gasteiger partial charge in [0.2, 0.25) is 0 Å². The normalized spacial score (nSPS) is 11.8. The third kappa shape index (κ3) is 4.08. The predicted molar refractivity (Wildman–Crippen MR) is 82.9 cm³/mol. The highest BCUT2D eigenvalue weighted by atomic mass is 32.2. The van der Waals surface area contributed by atoms with Crippen molar-refractivity contribution in [2.45, 2.75) is 49.8 Å². The van der Waals surface area contributed by atoms with Crippen LogP contribution in [0.1, 0.15) is 31.9 Å². The van der Waals surface area contributed by atoms with Crippen LogP contribution in [0.3, 0.4) is 0 Å². The summed E-state index contributed by atoms with van der Waals surface area (Å²) in [5.74, 6) is 0. The quantitative estimate of drug-likeness (QED) is 0.939. The van der Waals surface area contributed by atoms with E-state index in [2.05, 4.69) is 61.4 Å². The van der Waals surface area contributed by atoms with Crippen molar-refractivity contribution in [2.75, 3.05) is 0 Å². The van der Waals surface area contributed by atoms with Gasteiger partial charge in [-0.2, -0.15) is 0 Å². The molecule has 1 N–H and O–H groups in total. The Hall–Kier alpha value is -1.33. The summed E-state index contributed by atoms with van der Waals surface area (Å²) in [6.07, 6.45) is 1.72. The van der Waals surface area contributed by atoms with Gasteiger partial charge in [0.1, 0.15) is 6.33 Å². The Morgan fingerprint density at radius 3 is 2.60 bits per heavy atom. The molecule has 0 aliphatic rings. The molecule has 5 heteroatoms. The second kappa shape index (κ2) is 5.97. The first-order valence-corrected chi connectivity index (χ1v) is 7.53. The van der Waals surface area contributed by atoms with Crippen LogP contribution in [0, 0.1) is 6.92 Å². The van der Waals surface area contributed by atoms with Crippen LogP contribution < -0.4 is 5.32 Å². The molecule has 0 unspecified atom stereocenters. The minimum atomic E-state index is 0.139. The molecule has 108 valence electrons. The molecular weight excluding hydrogens is 268 g/mol. The zero-order valence-electron chi connectivity index (χ0n) is 12.8. The van der Waals surface area contributed by atoms with Crippen molar-refractivity contribution in [3.8, 4) is 0 Å². The average molecular weight is 290 g/mol. The molecule has 2 rings (SSSR count). The molecule has 4 nitrogen and oxygen atoms in total. The van der Waals surface area contributed by atoms with Gasteiger partial charge in [0.25, 0.3) is 0 Å². The maximum atomic E-state index is 4.11. The summed E-state index contributed by atoms with van der Waals surface area (Å²) in [6, 6.07) is 6.57. The molecule has 0 spiro atoms. The third-order valence-electron chi connectivity index (χ3n) is 2.93. The highest BCUT2D eigenvalue weighted by molar-refractivity contribution is 7.99. The lowest BCUT2D eigenvalue weighted by Crippen LogP contribution is -2.35. The molecule has 0 saturated carbocycles. The monoisotopic (exact) mass is 290 g/mol. The lowest BCUT2D eigenvalue weighted by atomic mass is 10.1. The van der Waals surface area contributed by atoms with Crippen molar-refractivity contribution in [1.82, 2.24) is 20.1 Å². The molecule has 1 heterocycles. The first-order valence-electron chi connectivity index (χ1n) is 6.71. The molecule has 2 aromatic rings. The van der Waals surface area contributed by atoms with Gasteiger partial charge in [-0.05, 0) is 56.7 Å². The highest BCUT2D eigenvalue weighted by Crippen LogP contribution is 2.28. The van der Waals surface area contributed by atoms with E-state index in [1.54, 1.807) is 18.1 Å². The summed E-state index contributed by atoms with van der Waals surface area (Å²) in [5, 5.41) is 12.4. The molecule has 0 aliphatic heterocycles. The Labute approximate surface area is 125 Å². The van der Waals surface area contributed by atoms with E-state index in [-0.39, 0.29) is 5.54 Å². The lowest BCUT2D eigenvalue weighted by molar-refractivity contribution is 0.424. The highest BCUT2D eigenvalue weighted by Gasteiger charge is 2.10.